The number of rotatable bonds is 6. The Bertz CT molecular complexity index is 1500. The second kappa shape index (κ2) is 9.50. The van der Waals surface area contributed by atoms with Crippen LogP contribution in [0.4, 0.5) is 17.1 Å². The van der Waals surface area contributed by atoms with Crippen LogP contribution in [0.3, 0.4) is 0 Å². The number of carbonyl (C=O) groups is 2. The highest BCUT2D eigenvalue weighted by Crippen LogP contribution is 2.34. The van der Waals surface area contributed by atoms with Gasteiger partial charge in [0.25, 0.3) is 5.91 Å². The van der Waals surface area contributed by atoms with E-state index in [0.29, 0.717) is 23.5 Å². The fourth-order valence-electron chi connectivity index (χ4n) is 4.16. The fraction of sp³-hybridized carbons (Fsp3) is 0.143. The molecule has 1 aliphatic rings. The molecule has 180 valence electrons. The van der Waals surface area contributed by atoms with Gasteiger partial charge in [-0.2, -0.15) is 5.10 Å². The third-order valence-corrected chi connectivity index (χ3v) is 6.09. The second-order valence-corrected chi connectivity index (χ2v) is 8.90. The molecule has 4 aromatic rings. The predicted octanol–water partition coefficient (Wildman–Crippen LogP) is 5.01. The van der Waals surface area contributed by atoms with E-state index in [1.165, 1.54) is 0 Å². The van der Waals surface area contributed by atoms with Crippen LogP contribution >= 0.6 is 0 Å². The zero-order chi connectivity index (χ0) is 25.2. The first-order chi connectivity index (χ1) is 17.4. The van der Waals surface area contributed by atoms with Crippen molar-refractivity contribution in [2.24, 2.45) is 4.99 Å². The number of carbonyl (C=O) groups excluding carboxylic acids is 2. The van der Waals surface area contributed by atoms with Crippen molar-refractivity contribution in [1.82, 2.24) is 10.2 Å². The van der Waals surface area contributed by atoms with E-state index in [1.807, 2.05) is 56.3 Å². The molecule has 1 atom stereocenters. The van der Waals surface area contributed by atoms with Crippen molar-refractivity contribution in [2.75, 3.05) is 10.6 Å². The van der Waals surface area contributed by atoms with Crippen LogP contribution in [-0.2, 0) is 11.2 Å². The summed E-state index contributed by atoms with van der Waals surface area (Å²) in [4.78, 5) is 29.5. The summed E-state index contributed by atoms with van der Waals surface area (Å²) in [6.45, 7) is 3.66. The van der Waals surface area contributed by atoms with Gasteiger partial charge in [0.05, 0.1) is 5.69 Å². The molecule has 0 saturated heterocycles. The SMILES string of the molecule is Cc1cc(C(=O)Nc2cccc(Cc3ccc4c(c3)C(C=Nc3ccc(C)c(O)c3)C(=O)N4)c2)n[nH]1. The molecule has 0 fully saturated rings. The van der Waals surface area contributed by atoms with Gasteiger partial charge in [-0.1, -0.05) is 30.3 Å². The molecule has 0 spiro atoms. The number of H-pyrrole nitrogens is 1. The predicted molar refractivity (Wildman–Crippen MR) is 139 cm³/mol. The number of aromatic amines is 1. The van der Waals surface area contributed by atoms with Crippen molar-refractivity contribution in [1.29, 1.82) is 0 Å². The van der Waals surface area contributed by atoms with Crippen molar-refractivity contribution >= 4 is 35.1 Å². The van der Waals surface area contributed by atoms with Crippen LogP contribution in [0.1, 0.15) is 44.4 Å². The van der Waals surface area contributed by atoms with Crippen molar-refractivity contribution in [2.45, 2.75) is 26.2 Å². The molecular weight excluding hydrogens is 454 g/mol. The summed E-state index contributed by atoms with van der Waals surface area (Å²) in [5, 5.41) is 22.5. The second-order valence-electron chi connectivity index (χ2n) is 8.90. The highest BCUT2D eigenvalue weighted by Gasteiger charge is 2.29. The zero-order valence-corrected chi connectivity index (χ0v) is 19.9. The lowest BCUT2D eigenvalue weighted by molar-refractivity contribution is -0.115. The van der Waals surface area contributed by atoms with Crippen molar-refractivity contribution in [3.8, 4) is 5.75 Å². The number of anilines is 2. The number of hydrogen-bond acceptors (Lipinski definition) is 5. The Balaban J connectivity index is 1.33. The van der Waals surface area contributed by atoms with E-state index in [-0.39, 0.29) is 17.6 Å². The number of amides is 2. The molecule has 2 amide bonds. The third-order valence-electron chi connectivity index (χ3n) is 6.09. The van der Waals surface area contributed by atoms with Crippen LogP contribution in [0.15, 0.2) is 71.7 Å². The van der Waals surface area contributed by atoms with Crippen molar-refractivity contribution in [3.63, 3.8) is 0 Å². The summed E-state index contributed by atoms with van der Waals surface area (Å²) in [6.07, 6.45) is 2.24. The molecule has 0 saturated carbocycles. The number of nitrogens with zero attached hydrogens (tertiary/aromatic N) is 2. The average Bonchev–Trinajstić information content (AvgIpc) is 3.42. The van der Waals surface area contributed by atoms with E-state index in [4.69, 9.17) is 0 Å². The van der Waals surface area contributed by atoms with E-state index >= 15 is 0 Å². The topological polar surface area (TPSA) is 119 Å². The van der Waals surface area contributed by atoms with Gasteiger partial charge in [-0.25, -0.2) is 0 Å². The number of aromatic nitrogens is 2. The quantitative estimate of drug-likeness (QED) is 0.291. The average molecular weight is 480 g/mol. The van der Waals surface area contributed by atoms with E-state index in [2.05, 4.69) is 25.8 Å². The minimum absolute atomic E-state index is 0.138. The molecule has 0 bridgehead atoms. The smallest absolute Gasteiger partial charge is 0.276 e. The fourth-order valence-corrected chi connectivity index (χ4v) is 4.16. The Morgan fingerprint density at radius 3 is 2.69 bits per heavy atom. The normalized spacial score (nSPS) is 14.6. The summed E-state index contributed by atoms with van der Waals surface area (Å²) in [5.74, 6) is -0.768. The van der Waals surface area contributed by atoms with Gasteiger partial charge in [-0.15, -0.1) is 0 Å². The molecule has 0 aliphatic carbocycles. The standard InChI is InChI=1S/C28H25N5O3/c1-16-6-8-20(14-26(16)34)29-15-23-22-13-19(7-9-24(22)31-27(23)35)11-18-4-3-5-21(12-18)30-28(36)25-10-17(2)32-33-25/h3-10,12-15,23,34H,11H2,1-2H3,(H,30,36)(H,31,35)(H,32,33). The maximum absolute atomic E-state index is 12.6. The first-order valence-electron chi connectivity index (χ1n) is 11.6. The number of aryl methyl sites for hydroxylation is 2. The lowest BCUT2D eigenvalue weighted by Crippen LogP contribution is -2.12. The Morgan fingerprint density at radius 2 is 1.92 bits per heavy atom. The van der Waals surface area contributed by atoms with E-state index in [9.17, 15) is 14.7 Å². The monoisotopic (exact) mass is 479 g/mol. The van der Waals surface area contributed by atoms with Crippen LogP contribution in [-0.4, -0.2) is 33.3 Å². The van der Waals surface area contributed by atoms with Crippen LogP contribution in [0, 0.1) is 13.8 Å². The van der Waals surface area contributed by atoms with Gasteiger partial charge in [0.1, 0.15) is 11.7 Å². The lowest BCUT2D eigenvalue weighted by Gasteiger charge is -2.09. The van der Waals surface area contributed by atoms with Crippen LogP contribution < -0.4 is 10.6 Å². The molecule has 1 aromatic heterocycles. The molecular formula is C28H25N5O3. The van der Waals surface area contributed by atoms with Gasteiger partial charge in [0, 0.05) is 29.3 Å². The van der Waals surface area contributed by atoms with Crippen molar-refractivity contribution in [3.05, 3.63) is 100 Å². The molecule has 8 heteroatoms. The third kappa shape index (κ3) is 4.88. The number of aliphatic imine (C=N–C) groups is 1. The Kier molecular flexibility index (Phi) is 6.08. The van der Waals surface area contributed by atoms with E-state index in [1.54, 1.807) is 30.5 Å². The van der Waals surface area contributed by atoms with E-state index in [0.717, 1.165) is 33.6 Å². The zero-order valence-electron chi connectivity index (χ0n) is 19.9. The molecule has 4 N–H and O–H groups in total. The van der Waals surface area contributed by atoms with Crippen LogP contribution in [0.2, 0.25) is 0 Å². The summed E-state index contributed by atoms with van der Waals surface area (Å²) >= 11 is 0. The maximum atomic E-state index is 12.6. The maximum Gasteiger partial charge on any atom is 0.276 e. The number of hydrogen-bond donors (Lipinski definition) is 4. The van der Waals surface area contributed by atoms with Gasteiger partial charge >= 0.3 is 0 Å². The molecule has 3 aromatic carbocycles. The Hall–Kier alpha value is -4.72. The highest BCUT2D eigenvalue weighted by atomic mass is 16.3. The molecule has 0 radical (unpaired) electrons. The number of fused-ring (bicyclic) bond motifs is 1. The number of nitrogens with one attached hydrogen (secondary N) is 3. The molecule has 2 heterocycles. The number of phenolic OH excluding ortho intramolecular Hbond substituents is 1. The molecule has 36 heavy (non-hydrogen) atoms. The molecule has 8 nitrogen and oxygen atoms in total. The number of benzene rings is 3. The van der Waals surface area contributed by atoms with Gasteiger partial charge in [0.2, 0.25) is 5.91 Å². The minimum Gasteiger partial charge on any atom is -0.508 e. The van der Waals surface area contributed by atoms with Gasteiger partial charge in [0.15, 0.2) is 5.69 Å². The summed E-state index contributed by atoms with van der Waals surface area (Å²) in [5.41, 5.74) is 6.86. The molecule has 5 rings (SSSR count). The van der Waals surface area contributed by atoms with Crippen LogP contribution in [0.25, 0.3) is 0 Å². The summed E-state index contributed by atoms with van der Waals surface area (Å²) in [7, 11) is 0. The lowest BCUT2D eigenvalue weighted by atomic mass is 9.96. The molecule has 1 unspecified atom stereocenters. The highest BCUT2D eigenvalue weighted by molar-refractivity contribution is 6.12. The van der Waals surface area contributed by atoms with Crippen molar-refractivity contribution < 1.29 is 14.7 Å². The van der Waals surface area contributed by atoms with Gasteiger partial charge < -0.3 is 15.7 Å². The number of phenols is 1. The summed E-state index contributed by atoms with van der Waals surface area (Å²) in [6, 6.07) is 20.4. The van der Waals surface area contributed by atoms with E-state index < -0.39 is 5.92 Å². The minimum atomic E-state index is -0.522. The van der Waals surface area contributed by atoms with Gasteiger partial charge in [-0.3, -0.25) is 19.7 Å². The van der Waals surface area contributed by atoms with Gasteiger partial charge in [-0.05, 0) is 72.9 Å². The molecule has 1 aliphatic heterocycles. The largest absolute Gasteiger partial charge is 0.508 e. The first kappa shape index (κ1) is 23.0. The first-order valence-corrected chi connectivity index (χ1v) is 11.6. The van der Waals surface area contributed by atoms with Crippen LogP contribution in [0.5, 0.6) is 5.75 Å². The Labute approximate surface area is 208 Å². The number of aromatic hydroxyl groups is 1. The Morgan fingerprint density at radius 1 is 1.08 bits per heavy atom. The summed E-state index contributed by atoms with van der Waals surface area (Å²) < 4.78 is 0.